The van der Waals surface area contributed by atoms with Gasteiger partial charge in [0, 0.05) is 18.0 Å². The molecule has 0 spiro atoms. The van der Waals surface area contributed by atoms with E-state index in [9.17, 15) is 0 Å². The Morgan fingerprint density at radius 3 is 2.88 bits per heavy atom. The van der Waals surface area contributed by atoms with E-state index in [0.29, 0.717) is 5.15 Å². The van der Waals surface area contributed by atoms with E-state index in [1.54, 1.807) is 11.3 Å². The number of anilines is 1. The lowest BCUT2D eigenvalue weighted by molar-refractivity contribution is 0.861. The zero-order chi connectivity index (χ0) is 11.5. The molecular weight excluding hydrogens is 244 g/mol. The van der Waals surface area contributed by atoms with Gasteiger partial charge in [0.05, 0.1) is 17.7 Å². The first-order valence-corrected chi connectivity index (χ1v) is 6.06. The molecule has 2 aromatic rings. The van der Waals surface area contributed by atoms with E-state index in [4.69, 9.17) is 11.6 Å². The quantitative estimate of drug-likeness (QED) is 0.790. The standard InChI is InChI=1S/C10H11ClN4S/c1-7-9(11)12-5-13-10(7)15(2)3-8-4-16-6-14-8/h4-6H,3H2,1-2H3. The van der Waals surface area contributed by atoms with Crippen LogP contribution in [0.5, 0.6) is 0 Å². The number of hydrogen-bond acceptors (Lipinski definition) is 5. The summed E-state index contributed by atoms with van der Waals surface area (Å²) in [6.07, 6.45) is 1.47. The Labute approximate surface area is 103 Å². The summed E-state index contributed by atoms with van der Waals surface area (Å²) in [6, 6.07) is 0. The zero-order valence-electron chi connectivity index (χ0n) is 9.01. The average molecular weight is 255 g/mol. The third-order valence-corrected chi connectivity index (χ3v) is 3.26. The topological polar surface area (TPSA) is 41.9 Å². The summed E-state index contributed by atoms with van der Waals surface area (Å²) in [5, 5.41) is 2.52. The van der Waals surface area contributed by atoms with Crippen molar-refractivity contribution in [2.24, 2.45) is 0 Å². The lowest BCUT2D eigenvalue weighted by Crippen LogP contribution is -2.19. The number of halogens is 1. The SMILES string of the molecule is Cc1c(Cl)ncnc1N(C)Cc1cscn1. The molecule has 0 aromatic carbocycles. The molecule has 0 N–H and O–H groups in total. The Bertz CT molecular complexity index is 472. The van der Waals surface area contributed by atoms with E-state index in [1.165, 1.54) is 6.33 Å². The van der Waals surface area contributed by atoms with E-state index >= 15 is 0 Å². The summed E-state index contributed by atoms with van der Waals surface area (Å²) in [6.45, 7) is 2.63. The van der Waals surface area contributed by atoms with Gasteiger partial charge in [-0.2, -0.15) is 0 Å². The van der Waals surface area contributed by atoms with E-state index in [0.717, 1.165) is 23.6 Å². The van der Waals surface area contributed by atoms with Gasteiger partial charge in [0.25, 0.3) is 0 Å². The van der Waals surface area contributed by atoms with Crippen LogP contribution in [-0.2, 0) is 6.54 Å². The predicted molar refractivity (Wildman–Crippen MR) is 66.0 cm³/mol. The Morgan fingerprint density at radius 1 is 1.38 bits per heavy atom. The van der Waals surface area contributed by atoms with Crippen molar-refractivity contribution in [1.29, 1.82) is 0 Å². The van der Waals surface area contributed by atoms with Gasteiger partial charge in [-0.25, -0.2) is 15.0 Å². The molecule has 2 heterocycles. The monoisotopic (exact) mass is 254 g/mol. The summed E-state index contributed by atoms with van der Waals surface area (Å²) in [4.78, 5) is 14.4. The van der Waals surface area contributed by atoms with E-state index in [1.807, 2.05) is 29.8 Å². The Morgan fingerprint density at radius 2 is 2.19 bits per heavy atom. The zero-order valence-corrected chi connectivity index (χ0v) is 10.6. The third-order valence-electron chi connectivity index (χ3n) is 2.24. The smallest absolute Gasteiger partial charge is 0.137 e. The molecule has 0 unspecified atom stereocenters. The fourth-order valence-electron chi connectivity index (χ4n) is 1.44. The van der Waals surface area contributed by atoms with Crippen molar-refractivity contribution >= 4 is 28.8 Å². The summed E-state index contributed by atoms with van der Waals surface area (Å²) in [5.41, 5.74) is 3.74. The highest BCUT2D eigenvalue weighted by molar-refractivity contribution is 7.07. The number of rotatable bonds is 3. The molecule has 2 rings (SSSR count). The van der Waals surface area contributed by atoms with Crippen molar-refractivity contribution in [2.75, 3.05) is 11.9 Å². The summed E-state index contributed by atoms with van der Waals surface area (Å²) >= 11 is 7.54. The number of nitrogens with zero attached hydrogens (tertiary/aromatic N) is 4. The molecule has 0 saturated carbocycles. The molecule has 0 aliphatic heterocycles. The van der Waals surface area contributed by atoms with Crippen LogP contribution in [0, 0.1) is 6.92 Å². The minimum absolute atomic E-state index is 0.495. The van der Waals surface area contributed by atoms with Gasteiger partial charge in [0.2, 0.25) is 0 Å². The van der Waals surface area contributed by atoms with E-state index in [-0.39, 0.29) is 0 Å². The van der Waals surface area contributed by atoms with Gasteiger partial charge in [-0.1, -0.05) is 11.6 Å². The Kier molecular flexibility index (Phi) is 3.36. The minimum Gasteiger partial charge on any atom is -0.353 e. The van der Waals surface area contributed by atoms with Crippen LogP contribution < -0.4 is 4.90 Å². The Hall–Kier alpha value is -1.20. The van der Waals surface area contributed by atoms with Crippen molar-refractivity contribution in [1.82, 2.24) is 15.0 Å². The molecule has 0 fully saturated rings. The molecule has 4 nitrogen and oxygen atoms in total. The van der Waals surface area contributed by atoms with Gasteiger partial charge in [-0.15, -0.1) is 11.3 Å². The van der Waals surface area contributed by atoms with Crippen LogP contribution in [0.2, 0.25) is 5.15 Å². The van der Waals surface area contributed by atoms with Crippen molar-refractivity contribution in [3.8, 4) is 0 Å². The average Bonchev–Trinajstić information content (AvgIpc) is 2.74. The molecular formula is C10H11ClN4S. The van der Waals surface area contributed by atoms with E-state index in [2.05, 4.69) is 15.0 Å². The van der Waals surface area contributed by atoms with Crippen LogP contribution in [0.25, 0.3) is 0 Å². The molecule has 0 amide bonds. The van der Waals surface area contributed by atoms with Crippen LogP contribution >= 0.6 is 22.9 Å². The van der Waals surface area contributed by atoms with E-state index < -0.39 is 0 Å². The normalized spacial score (nSPS) is 10.4. The van der Waals surface area contributed by atoms with Crippen molar-refractivity contribution < 1.29 is 0 Å². The molecule has 0 aliphatic carbocycles. The first-order valence-electron chi connectivity index (χ1n) is 4.74. The fraction of sp³-hybridized carbons (Fsp3) is 0.300. The van der Waals surface area contributed by atoms with Crippen LogP contribution in [-0.4, -0.2) is 22.0 Å². The highest BCUT2D eigenvalue weighted by Crippen LogP contribution is 2.22. The number of thiazole rings is 1. The third kappa shape index (κ3) is 2.31. The van der Waals surface area contributed by atoms with Crippen molar-refractivity contribution in [2.45, 2.75) is 13.5 Å². The second kappa shape index (κ2) is 4.76. The number of aromatic nitrogens is 3. The maximum Gasteiger partial charge on any atom is 0.137 e. The molecule has 0 aliphatic rings. The van der Waals surface area contributed by atoms with Gasteiger partial charge >= 0.3 is 0 Å². The Balaban J connectivity index is 2.21. The molecule has 2 aromatic heterocycles. The molecule has 0 bridgehead atoms. The van der Waals surface area contributed by atoms with Gasteiger partial charge in [-0.3, -0.25) is 0 Å². The van der Waals surface area contributed by atoms with Crippen LogP contribution in [0.3, 0.4) is 0 Å². The molecule has 6 heteroatoms. The molecule has 16 heavy (non-hydrogen) atoms. The lowest BCUT2D eigenvalue weighted by atomic mass is 10.3. The summed E-state index contributed by atoms with van der Waals surface area (Å²) < 4.78 is 0. The van der Waals surface area contributed by atoms with Crippen molar-refractivity contribution in [3.05, 3.63) is 33.6 Å². The van der Waals surface area contributed by atoms with Crippen molar-refractivity contribution in [3.63, 3.8) is 0 Å². The van der Waals surface area contributed by atoms with Gasteiger partial charge in [0.15, 0.2) is 0 Å². The number of hydrogen-bond donors (Lipinski definition) is 0. The second-order valence-electron chi connectivity index (χ2n) is 3.45. The molecule has 84 valence electrons. The highest BCUT2D eigenvalue weighted by Gasteiger charge is 2.10. The highest BCUT2D eigenvalue weighted by atomic mass is 35.5. The maximum atomic E-state index is 5.95. The van der Waals surface area contributed by atoms with Gasteiger partial charge in [-0.05, 0) is 6.92 Å². The largest absolute Gasteiger partial charge is 0.353 e. The van der Waals surface area contributed by atoms with Crippen LogP contribution in [0.1, 0.15) is 11.3 Å². The lowest BCUT2D eigenvalue weighted by Gasteiger charge is -2.18. The maximum absolute atomic E-state index is 5.95. The second-order valence-corrected chi connectivity index (χ2v) is 4.53. The summed E-state index contributed by atoms with van der Waals surface area (Å²) in [5.74, 6) is 0.841. The minimum atomic E-state index is 0.495. The molecule has 0 saturated heterocycles. The molecule has 0 radical (unpaired) electrons. The fourth-order valence-corrected chi connectivity index (χ4v) is 2.12. The molecule has 0 atom stereocenters. The van der Waals surface area contributed by atoms with Gasteiger partial charge < -0.3 is 4.90 Å². The van der Waals surface area contributed by atoms with Crippen LogP contribution in [0.4, 0.5) is 5.82 Å². The predicted octanol–water partition coefficient (Wildman–Crippen LogP) is 2.53. The van der Waals surface area contributed by atoms with Crippen LogP contribution in [0.15, 0.2) is 17.2 Å². The first kappa shape index (κ1) is 11.3. The first-order chi connectivity index (χ1) is 7.68. The summed E-state index contributed by atoms with van der Waals surface area (Å²) in [7, 11) is 1.96. The van der Waals surface area contributed by atoms with Gasteiger partial charge in [0.1, 0.15) is 17.3 Å².